The molecule has 6 heteroatoms. The maximum absolute atomic E-state index is 12.5. The van der Waals surface area contributed by atoms with Crippen LogP contribution in [0.5, 0.6) is 11.5 Å². The number of imidazole rings is 1. The normalized spacial score (nSPS) is 14.4. The van der Waals surface area contributed by atoms with Crippen molar-refractivity contribution in [3.05, 3.63) is 53.9 Å². The highest BCUT2D eigenvalue weighted by Crippen LogP contribution is 2.34. The molecule has 0 amide bonds. The van der Waals surface area contributed by atoms with Crippen molar-refractivity contribution in [1.29, 1.82) is 0 Å². The molecule has 1 aromatic heterocycles. The summed E-state index contributed by atoms with van der Waals surface area (Å²) in [5.41, 5.74) is 2.10. The van der Waals surface area contributed by atoms with Crippen LogP contribution in [-0.4, -0.2) is 29.2 Å². The molecule has 1 atom stereocenters. The summed E-state index contributed by atoms with van der Waals surface area (Å²) in [4.78, 5) is 20.1. The largest absolute Gasteiger partial charge is 0.486 e. The van der Waals surface area contributed by atoms with Gasteiger partial charge in [0.1, 0.15) is 24.6 Å². The number of rotatable bonds is 3. The first-order chi connectivity index (χ1) is 11.7. The van der Waals surface area contributed by atoms with Gasteiger partial charge in [-0.3, -0.25) is 0 Å². The molecular formula is C18H16N2O4. The standard InChI is InChI=1S/C18H16N2O4/c1-11(17-19-13-6-2-3-7-14(13)20-17)24-18(21)12-5-4-8-15-16(12)23-10-9-22-15/h2-8,11H,9-10H2,1H3,(H,19,20)/t11-/m1/s1. The number of H-pyrrole nitrogens is 1. The van der Waals surface area contributed by atoms with Crippen LogP contribution >= 0.6 is 0 Å². The van der Waals surface area contributed by atoms with Gasteiger partial charge >= 0.3 is 5.97 Å². The molecule has 122 valence electrons. The molecule has 0 saturated carbocycles. The number of aromatic amines is 1. The maximum atomic E-state index is 12.5. The number of esters is 1. The average Bonchev–Trinajstić information content (AvgIpc) is 3.05. The molecule has 0 fully saturated rings. The number of nitrogens with zero attached hydrogens (tertiary/aromatic N) is 1. The summed E-state index contributed by atoms with van der Waals surface area (Å²) in [6.45, 7) is 2.67. The zero-order valence-corrected chi connectivity index (χ0v) is 13.1. The summed E-state index contributed by atoms with van der Waals surface area (Å²) in [6.07, 6.45) is -0.509. The molecule has 24 heavy (non-hydrogen) atoms. The Morgan fingerprint density at radius 3 is 2.88 bits per heavy atom. The number of para-hydroxylation sites is 3. The van der Waals surface area contributed by atoms with Gasteiger partial charge in [0.05, 0.1) is 11.0 Å². The SMILES string of the molecule is C[C@@H](OC(=O)c1cccc2c1OCCO2)c1nc2ccccc2[nH]1. The highest BCUT2D eigenvalue weighted by Gasteiger charge is 2.24. The Morgan fingerprint density at radius 1 is 1.17 bits per heavy atom. The zero-order valence-electron chi connectivity index (χ0n) is 13.1. The Bertz CT molecular complexity index is 870. The van der Waals surface area contributed by atoms with Crippen molar-refractivity contribution < 1.29 is 19.0 Å². The number of benzene rings is 2. The number of hydrogen-bond acceptors (Lipinski definition) is 5. The lowest BCUT2D eigenvalue weighted by Crippen LogP contribution is -2.19. The van der Waals surface area contributed by atoms with Gasteiger partial charge in [-0.05, 0) is 31.2 Å². The minimum absolute atomic E-state index is 0.357. The predicted octanol–water partition coefficient (Wildman–Crippen LogP) is 3.25. The molecular weight excluding hydrogens is 308 g/mol. The Hall–Kier alpha value is -3.02. The minimum atomic E-state index is -0.509. The van der Waals surface area contributed by atoms with Crippen molar-refractivity contribution in [3.63, 3.8) is 0 Å². The molecule has 4 rings (SSSR count). The molecule has 1 aliphatic heterocycles. The highest BCUT2D eigenvalue weighted by atomic mass is 16.6. The monoisotopic (exact) mass is 324 g/mol. The third kappa shape index (κ3) is 2.56. The lowest BCUT2D eigenvalue weighted by molar-refractivity contribution is 0.0313. The van der Waals surface area contributed by atoms with E-state index >= 15 is 0 Å². The van der Waals surface area contributed by atoms with Gasteiger partial charge in [-0.25, -0.2) is 9.78 Å². The van der Waals surface area contributed by atoms with Crippen LogP contribution in [0.2, 0.25) is 0 Å². The summed E-state index contributed by atoms with van der Waals surface area (Å²) < 4.78 is 16.6. The quantitative estimate of drug-likeness (QED) is 0.749. The molecule has 0 bridgehead atoms. The van der Waals surface area contributed by atoms with Crippen molar-refractivity contribution in [2.45, 2.75) is 13.0 Å². The number of fused-ring (bicyclic) bond motifs is 2. The van der Waals surface area contributed by atoms with E-state index in [1.807, 2.05) is 24.3 Å². The van der Waals surface area contributed by atoms with Crippen molar-refractivity contribution in [1.82, 2.24) is 9.97 Å². The molecule has 1 N–H and O–H groups in total. The molecule has 2 aromatic carbocycles. The second kappa shape index (κ2) is 5.88. The van der Waals surface area contributed by atoms with E-state index in [1.54, 1.807) is 25.1 Å². The molecule has 3 aromatic rings. The molecule has 6 nitrogen and oxygen atoms in total. The first-order valence-corrected chi connectivity index (χ1v) is 7.76. The summed E-state index contributed by atoms with van der Waals surface area (Å²) in [5, 5.41) is 0. The molecule has 0 unspecified atom stereocenters. The van der Waals surface area contributed by atoms with Crippen molar-refractivity contribution >= 4 is 17.0 Å². The first-order valence-electron chi connectivity index (χ1n) is 7.76. The van der Waals surface area contributed by atoms with Gasteiger partial charge < -0.3 is 19.2 Å². The van der Waals surface area contributed by atoms with Gasteiger partial charge in [-0.1, -0.05) is 18.2 Å². The van der Waals surface area contributed by atoms with Gasteiger partial charge in [0.2, 0.25) is 0 Å². The van der Waals surface area contributed by atoms with Crippen LogP contribution in [0, 0.1) is 0 Å². The lowest BCUT2D eigenvalue weighted by Gasteiger charge is -2.20. The number of aromatic nitrogens is 2. The minimum Gasteiger partial charge on any atom is -0.486 e. The van der Waals surface area contributed by atoms with Crippen LogP contribution in [0.25, 0.3) is 11.0 Å². The van der Waals surface area contributed by atoms with Crippen molar-refractivity contribution in [2.75, 3.05) is 13.2 Å². The van der Waals surface area contributed by atoms with Crippen molar-refractivity contribution in [3.8, 4) is 11.5 Å². The van der Waals surface area contributed by atoms with E-state index in [4.69, 9.17) is 14.2 Å². The summed E-state index contributed by atoms with van der Waals surface area (Å²) in [7, 11) is 0. The number of hydrogen-bond donors (Lipinski definition) is 1. The van der Waals surface area contributed by atoms with E-state index in [9.17, 15) is 4.79 Å². The third-order valence-corrected chi connectivity index (χ3v) is 3.86. The zero-order chi connectivity index (χ0) is 16.5. The van der Waals surface area contributed by atoms with Crippen LogP contribution < -0.4 is 9.47 Å². The molecule has 0 spiro atoms. The molecule has 0 saturated heterocycles. The van der Waals surface area contributed by atoms with E-state index in [2.05, 4.69) is 9.97 Å². The Balaban J connectivity index is 1.57. The fraction of sp³-hybridized carbons (Fsp3) is 0.222. The highest BCUT2D eigenvalue weighted by molar-refractivity contribution is 5.93. The molecule has 0 radical (unpaired) electrons. The second-order valence-electron chi connectivity index (χ2n) is 5.52. The molecule has 2 heterocycles. The fourth-order valence-corrected chi connectivity index (χ4v) is 2.68. The van der Waals surface area contributed by atoms with E-state index in [0.717, 1.165) is 11.0 Å². The molecule has 0 aliphatic carbocycles. The van der Waals surface area contributed by atoms with E-state index in [0.29, 0.717) is 36.1 Å². The van der Waals surface area contributed by atoms with Crippen LogP contribution in [-0.2, 0) is 4.74 Å². The van der Waals surface area contributed by atoms with Gasteiger partial charge in [0, 0.05) is 0 Å². The molecule has 1 aliphatic rings. The summed E-state index contributed by atoms with van der Waals surface area (Å²) in [6, 6.07) is 12.9. The van der Waals surface area contributed by atoms with Crippen LogP contribution in [0.1, 0.15) is 29.2 Å². The topological polar surface area (TPSA) is 73.4 Å². The number of carbonyl (C=O) groups is 1. The second-order valence-corrected chi connectivity index (χ2v) is 5.52. The van der Waals surface area contributed by atoms with Gasteiger partial charge in [0.15, 0.2) is 17.6 Å². The first kappa shape index (κ1) is 14.6. The lowest BCUT2D eigenvalue weighted by atomic mass is 10.1. The third-order valence-electron chi connectivity index (χ3n) is 3.86. The van der Waals surface area contributed by atoms with E-state index < -0.39 is 12.1 Å². The van der Waals surface area contributed by atoms with Crippen LogP contribution in [0.15, 0.2) is 42.5 Å². The summed E-state index contributed by atoms with van der Waals surface area (Å²) >= 11 is 0. The number of ether oxygens (including phenoxy) is 3. The van der Waals surface area contributed by atoms with Crippen LogP contribution in [0.4, 0.5) is 0 Å². The van der Waals surface area contributed by atoms with E-state index in [1.165, 1.54) is 0 Å². The number of nitrogens with one attached hydrogen (secondary N) is 1. The Morgan fingerprint density at radius 2 is 2.00 bits per heavy atom. The van der Waals surface area contributed by atoms with Gasteiger partial charge in [-0.2, -0.15) is 0 Å². The van der Waals surface area contributed by atoms with Crippen LogP contribution in [0.3, 0.4) is 0 Å². The van der Waals surface area contributed by atoms with Gasteiger partial charge in [0.25, 0.3) is 0 Å². The summed E-state index contributed by atoms with van der Waals surface area (Å²) in [5.74, 6) is 1.13. The van der Waals surface area contributed by atoms with Crippen molar-refractivity contribution in [2.24, 2.45) is 0 Å². The van der Waals surface area contributed by atoms with E-state index in [-0.39, 0.29) is 0 Å². The Kier molecular flexibility index (Phi) is 3.57. The number of carbonyl (C=O) groups excluding carboxylic acids is 1. The Labute approximate surface area is 138 Å². The van der Waals surface area contributed by atoms with Gasteiger partial charge in [-0.15, -0.1) is 0 Å². The maximum Gasteiger partial charge on any atom is 0.342 e. The average molecular weight is 324 g/mol. The predicted molar refractivity (Wildman–Crippen MR) is 87.4 cm³/mol. The smallest absolute Gasteiger partial charge is 0.342 e. The fourth-order valence-electron chi connectivity index (χ4n) is 2.68.